The van der Waals surface area contributed by atoms with E-state index >= 15 is 0 Å². The Morgan fingerprint density at radius 2 is 1.85 bits per heavy atom. The van der Waals surface area contributed by atoms with E-state index < -0.39 is 0 Å². The third-order valence-electron chi connectivity index (χ3n) is 4.33. The molecule has 134 valence electrons. The topological polar surface area (TPSA) is 53.4 Å². The van der Waals surface area contributed by atoms with Crippen LogP contribution in [0.3, 0.4) is 0 Å². The van der Waals surface area contributed by atoms with E-state index in [0.29, 0.717) is 18.0 Å². The molecule has 0 atom stereocenters. The number of thioether (sulfide) groups is 1. The summed E-state index contributed by atoms with van der Waals surface area (Å²) in [6.07, 6.45) is 2.10. The first kappa shape index (κ1) is 17.0. The van der Waals surface area contributed by atoms with Gasteiger partial charge in [0, 0.05) is 11.8 Å². The van der Waals surface area contributed by atoms with Crippen molar-refractivity contribution in [3.05, 3.63) is 58.9 Å². The summed E-state index contributed by atoms with van der Waals surface area (Å²) in [4.78, 5) is 17.5. The van der Waals surface area contributed by atoms with Crippen LogP contribution >= 0.6 is 11.8 Å². The second-order valence-electron chi connectivity index (χ2n) is 6.19. The van der Waals surface area contributed by atoms with Gasteiger partial charge in [0.2, 0.25) is 0 Å². The summed E-state index contributed by atoms with van der Waals surface area (Å²) < 4.78 is 12.8. The zero-order chi connectivity index (χ0) is 17.9. The molecule has 0 N–H and O–H groups in total. The first-order chi connectivity index (χ1) is 12.8. The van der Waals surface area contributed by atoms with Gasteiger partial charge in [0.25, 0.3) is 5.56 Å². The molecule has 6 heteroatoms. The van der Waals surface area contributed by atoms with Gasteiger partial charge in [0.15, 0.2) is 5.16 Å². The standard InChI is InChI=1S/C20H20N2O3S/c1-24-15-8-10-16(11-9-15)25-12-13-26-20-21-18-5-3-2-4-17(18)19(23)22(20)14-6-7-14/h2-5,8-11,14H,6-7,12-13H2,1H3. The molecule has 1 fully saturated rings. The molecule has 2 aromatic carbocycles. The molecule has 0 saturated heterocycles. The molecule has 0 spiro atoms. The Hall–Kier alpha value is -2.47. The number of hydrogen-bond donors (Lipinski definition) is 0. The van der Waals surface area contributed by atoms with Gasteiger partial charge in [-0.15, -0.1) is 0 Å². The Morgan fingerprint density at radius 3 is 2.58 bits per heavy atom. The van der Waals surface area contributed by atoms with Crippen LogP contribution in [0.15, 0.2) is 58.5 Å². The molecule has 0 bridgehead atoms. The molecule has 0 unspecified atom stereocenters. The number of ether oxygens (including phenoxy) is 2. The van der Waals surface area contributed by atoms with Crippen molar-refractivity contribution in [1.29, 1.82) is 0 Å². The molecule has 1 heterocycles. The predicted molar refractivity (Wildman–Crippen MR) is 103 cm³/mol. The normalized spacial score (nSPS) is 13.7. The summed E-state index contributed by atoms with van der Waals surface area (Å²) in [5, 5.41) is 1.48. The van der Waals surface area contributed by atoms with E-state index in [0.717, 1.165) is 40.8 Å². The Kier molecular flexibility index (Phi) is 4.84. The van der Waals surface area contributed by atoms with Crippen LogP contribution in [0.1, 0.15) is 18.9 Å². The van der Waals surface area contributed by atoms with E-state index in [1.54, 1.807) is 18.9 Å². The van der Waals surface area contributed by atoms with Crippen molar-refractivity contribution in [3.63, 3.8) is 0 Å². The van der Waals surface area contributed by atoms with Crippen LogP contribution in [0.25, 0.3) is 10.9 Å². The van der Waals surface area contributed by atoms with Crippen molar-refractivity contribution in [3.8, 4) is 11.5 Å². The number of benzene rings is 2. The van der Waals surface area contributed by atoms with Crippen molar-refractivity contribution in [1.82, 2.24) is 9.55 Å². The molecule has 4 rings (SSSR count). The Bertz CT molecular complexity index is 965. The van der Waals surface area contributed by atoms with Crippen molar-refractivity contribution in [2.24, 2.45) is 0 Å². The number of methoxy groups -OCH3 is 1. The van der Waals surface area contributed by atoms with Crippen LogP contribution in [0.4, 0.5) is 0 Å². The quantitative estimate of drug-likeness (QED) is 0.359. The minimum Gasteiger partial charge on any atom is -0.497 e. The van der Waals surface area contributed by atoms with E-state index in [9.17, 15) is 4.79 Å². The van der Waals surface area contributed by atoms with Crippen molar-refractivity contribution in [2.75, 3.05) is 19.5 Å². The fourth-order valence-corrected chi connectivity index (χ4v) is 3.73. The molecule has 1 aromatic heterocycles. The molecule has 1 aliphatic rings. The summed E-state index contributed by atoms with van der Waals surface area (Å²) >= 11 is 1.57. The summed E-state index contributed by atoms with van der Waals surface area (Å²) in [5.41, 5.74) is 0.824. The van der Waals surface area contributed by atoms with Gasteiger partial charge in [-0.3, -0.25) is 9.36 Å². The van der Waals surface area contributed by atoms with Crippen molar-refractivity contribution < 1.29 is 9.47 Å². The number of aromatic nitrogens is 2. The number of para-hydroxylation sites is 1. The summed E-state index contributed by atoms with van der Waals surface area (Å²) in [7, 11) is 1.64. The SMILES string of the molecule is COc1ccc(OCCSc2nc3ccccc3c(=O)n2C2CC2)cc1. The lowest BCUT2D eigenvalue weighted by Crippen LogP contribution is -2.22. The Morgan fingerprint density at radius 1 is 1.12 bits per heavy atom. The fourth-order valence-electron chi connectivity index (χ4n) is 2.85. The van der Waals surface area contributed by atoms with Gasteiger partial charge in [-0.05, 0) is 49.2 Å². The maximum absolute atomic E-state index is 12.8. The molecule has 26 heavy (non-hydrogen) atoms. The maximum atomic E-state index is 12.8. The van der Waals surface area contributed by atoms with E-state index in [1.165, 1.54) is 0 Å². The molecular formula is C20H20N2O3S. The van der Waals surface area contributed by atoms with Gasteiger partial charge in [-0.25, -0.2) is 4.98 Å². The predicted octanol–water partition coefficient (Wildman–Crippen LogP) is 3.91. The highest BCUT2D eigenvalue weighted by atomic mass is 32.2. The number of hydrogen-bond acceptors (Lipinski definition) is 5. The van der Waals surface area contributed by atoms with E-state index in [2.05, 4.69) is 0 Å². The van der Waals surface area contributed by atoms with E-state index in [-0.39, 0.29) is 5.56 Å². The molecule has 0 radical (unpaired) electrons. The number of rotatable bonds is 7. The minimum absolute atomic E-state index is 0.0664. The monoisotopic (exact) mass is 368 g/mol. The number of nitrogens with zero attached hydrogens (tertiary/aromatic N) is 2. The number of fused-ring (bicyclic) bond motifs is 1. The molecule has 1 aliphatic carbocycles. The minimum atomic E-state index is 0.0664. The third-order valence-corrected chi connectivity index (χ3v) is 5.25. The Balaban J connectivity index is 1.46. The van der Waals surface area contributed by atoms with Gasteiger partial charge in [-0.2, -0.15) is 0 Å². The molecule has 0 aliphatic heterocycles. The van der Waals surface area contributed by atoms with Crippen LogP contribution in [0.5, 0.6) is 11.5 Å². The van der Waals surface area contributed by atoms with Crippen LogP contribution in [0, 0.1) is 0 Å². The Labute approximate surface area is 156 Å². The van der Waals surface area contributed by atoms with E-state index in [4.69, 9.17) is 14.5 Å². The molecule has 1 saturated carbocycles. The van der Waals surface area contributed by atoms with Gasteiger partial charge < -0.3 is 9.47 Å². The zero-order valence-electron chi connectivity index (χ0n) is 14.6. The molecule has 0 amide bonds. The van der Waals surface area contributed by atoms with Gasteiger partial charge in [0.05, 0.1) is 24.6 Å². The van der Waals surface area contributed by atoms with Crippen LogP contribution in [-0.4, -0.2) is 29.0 Å². The molecular weight excluding hydrogens is 348 g/mol. The van der Waals surface area contributed by atoms with Crippen molar-refractivity contribution >= 4 is 22.7 Å². The lowest BCUT2D eigenvalue weighted by Gasteiger charge is -2.12. The largest absolute Gasteiger partial charge is 0.497 e. The highest BCUT2D eigenvalue weighted by molar-refractivity contribution is 7.99. The first-order valence-electron chi connectivity index (χ1n) is 8.67. The summed E-state index contributed by atoms with van der Waals surface area (Å²) in [5.74, 6) is 2.33. The van der Waals surface area contributed by atoms with Gasteiger partial charge >= 0.3 is 0 Å². The lowest BCUT2D eigenvalue weighted by atomic mass is 10.2. The zero-order valence-corrected chi connectivity index (χ0v) is 15.4. The lowest BCUT2D eigenvalue weighted by molar-refractivity contribution is 0.342. The van der Waals surface area contributed by atoms with Crippen LogP contribution in [-0.2, 0) is 0 Å². The average molecular weight is 368 g/mol. The molecule has 3 aromatic rings. The first-order valence-corrected chi connectivity index (χ1v) is 9.66. The second kappa shape index (κ2) is 7.41. The third kappa shape index (κ3) is 3.55. The van der Waals surface area contributed by atoms with Crippen LogP contribution < -0.4 is 15.0 Å². The van der Waals surface area contributed by atoms with Crippen LogP contribution in [0.2, 0.25) is 0 Å². The second-order valence-corrected chi connectivity index (χ2v) is 7.25. The highest BCUT2D eigenvalue weighted by Crippen LogP contribution is 2.36. The summed E-state index contributed by atoms with van der Waals surface area (Å²) in [6, 6.07) is 15.4. The highest BCUT2D eigenvalue weighted by Gasteiger charge is 2.28. The maximum Gasteiger partial charge on any atom is 0.262 e. The van der Waals surface area contributed by atoms with E-state index in [1.807, 2.05) is 53.1 Å². The fraction of sp³-hybridized carbons (Fsp3) is 0.300. The smallest absolute Gasteiger partial charge is 0.262 e. The van der Waals surface area contributed by atoms with Gasteiger partial charge in [0.1, 0.15) is 11.5 Å². The average Bonchev–Trinajstić information content (AvgIpc) is 3.51. The van der Waals surface area contributed by atoms with Gasteiger partial charge in [-0.1, -0.05) is 23.9 Å². The van der Waals surface area contributed by atoms with Crippen molar-refractivity contribution in [2.45, 2.75) is 24.0 Å². The molecule has 5 nitrogen and oxygen atoms in total. The summed E-state index contributed by atoms with van der Waals surface area (Å²) in [6.45, 7) is 0.546.